The predicted molar refractivity (Wildman–Crippen MR) is 120 cm³/mol. The average molecular weight is 538 g/mol. The number of benzene rings is 3. The third-order valence-corrected chi connectivity index (χ3v) is 7.22. The number of carbonyl (C=O) groups is 1. The maximum atomic E-state index is 13.9. The van der Waals surface area contributed by atoms with Crippen LogP contribution in [0.2, 0.25) is 15.1 Å². The summed E-state index contributed by atoms with van der Waals surface area (Å²) in [7, 11) is -4.24. The highest BCUT2D eigenvalue weighted by Crippen LogP contribution is 2.26. The number of nitrogens with one attached hydrogen (secondary N) is 1. The number of anilines is 1. The summed E-state index contributed by atoms with van der Waals surface area (Å²) in [6, 6.07) is 11.1. The van der Waals surface area contributed by atoms with Gasteiger partial charge < -0.3 is 5.32 Å². The van der Waals surface area contributed by atoms with Gasteiger partial charge in [-0.25, -0.2) is 21.6 Å². The van der Waals surface area contributed by atoms with Gasteiger partial charge in [0.1, 0.15) is 0 Å². The van der Waals surface area contributed by atoms with E-state index in [0.717, 1.165) is 10.4 Å². The zero-order chi connectivity index (χ0) is 24.3. The van der Waals surface area contributed by atoms with Crippen molar-refractivity contribution in [2.24, 2.45) is 0 Å². The van der Waals surface area contributed by atoms with Gasteiger partial charge in [-0.15, -0.1) is 0 Å². The molecule has 5 nitrogen and oxygen atoms in total. The molecule has 0 aromatic heterocycles. The summed E-state index contributed by atoms with van der Waals surface area (Å²) in [6.07, 6.45) is 0. The van der Waals surface area contributed by atoms with E-state index in [1.807, 2.05) is 0 Å². The Balaban J connectivity index is 1.92. The highest BCUT2D eigenvalue weighted by atomic mass is 35.5. The van der Waals surface area contributed by atoms with Crippen LogP contribution in [0.3, 0.4) is 0 Å². The minimum Gasteiger partial charge on any atom is -0.322 e. The Morgan fingerprint density at radius 3 is 2.18 bits per heavy atom. The number of amides is 1. The molecule has 0 radical (unpaired) electrons. The van der Waals surface area contributed by atoms with Gasteiger partial charge in [0.25, 0.3) is 0 Å². The fraction of sp³-hybridized carbons (Fsp3) is 0.0952. The number of rotatable bonds is 7. The Kier molecular flexibility index (Phi) is 7.92. The summed E-state index contributed by atoms with van der Waals surface area (Å²) >= 11 is 17.7. The molecule has 1 N–H and O–H groups in total. The van der Waals surface area contributed by atoms with Crippen LogP contribution in [0.25, 0.3) is 0 Å². The van der Waals surface area contributed by atoms with Crippen LogP contribution in [-0.4, -0.2) is 25.2 Å². The maximum Gasteiger partial charge on any atom is 0.243 e. The highest BCUT2D eigenvalue weighted by molar-refractivity contribution is 7.89. The van der Waals surface area contributed by atoms with Crippen LogP contribution >= 0.6 is 34.8 Å². The van der Waals surface area contributed by atoms with Gasteiger partial charge in [-0.3, -0.25) is 4.79 Å². The minimum absolute atomic E-state index is 0.154. The first-order valence-corrected chi connectivity index (χ1v) is 11.7. The average Bonchev–Trinajstić information content (AvgIpc) is 2.76. The van der Waals surface area contributed by atoms with Crippen molar-refractivity contribution in [2.45, 2.75) is 11.4 Å². The van der Waals surface area contributed by atoms with E-state index in [4.69, 9.17) is 34.8 Å². The summed E-state index contributed by atoms with van der Waals surface area (Å²) in [5, 5.41) is 2.78. The lowest BCUT2D eigenvalue weighted by Gasteiger charge is -2.22. The van der Waals surface area contributed by atoms with Crippen molar-refractivity contribution >= 4 is 56.4 Å². The van der Waals surface area contributed by atoms with E-state index in [1.165, 1.54) is 42.5 Å². The van der Waals surface area contributed by atoms with Crippen molar-refractivity contribution in [2.75, 3.05) is 11.9 Å². The smallest absolute Gasteiger partial charge is 0.243 e. The van der Waals surface area contributed by atoms with Crippen LogP contribution < -0.4 is 5.32 Å². The second-order valence-corrected chi connectivity index (χ2v) is 9.94. The maximum absolute atomic E-state index is 13.9. The lowest BCUT2D eigenvalue weighted by Crippen LogP contribution is -2.37. The normalized spacial score (nSPS) is 11.6. The van der Waals surface area contributed by atoms with Crippen molar-refractivity contribution < 1.29 is 26.4 Å². The molecule has 3 rings (SSSR count). The van der Waals surface area contributed by atoms with Crippen LogP contribution in [-0.2, 0) is 21.4 Å². The second kappa shape index (κ2) is 10.3. The number of carbonyl (C=O) groups excluding carboxylic acids is 1. The first-order chi connectivity index (χ1) is 15.5. The molecule has 33 heavy (non-hydrogen) atoms. The van der Waals surface area contributed by atoms with E-state index in [2.05, 4.69) is 5.32 Å². The second-order valence-electron chi connectivity index (χ2n) is 6.75. The fourth-order valence-electron chi connectivity index (χ4n) is 2.80. The lowest BCUT2D eigenvalue weighted by molar-refractivity contribution is -0.116. The highest BCUT2D eigenvalue weighted by Gasteiger charge is 2.28. The van der Waals surface area contributed by atoms with Crippen molar-refractivity contribution in [1.82, 2.24) is 4.31 Å². The number of hydrogen-bond acceptors (Lipinski definition) is 3. The standard InChI is InChI=1S/C21H14Cl3F3N2O3S/c22-13-2-4-14(5-3-13)33(31,32)29(10-12-1-6-15(23)16(24)9-12)11-19(30)28-18-8-7-17(25)20(26)21(18)27/h1-9H,10-11H2,(H,28,30). The molecule has 0 spiro atoms. The van der Waals surface area contributed by atoms with Crippen molar-refractivity contribution in [1.29, 1.82) is 0 Å². The molecule has 0 aliphatic carbocycles. The zero-order valence-electron chi connectivity index (χ0n) is 16.5. The Hall–Kier alpha value is -2.30. The van der Waals surface area contributed by atoms with E-state index in [0.29, 0.717) is 16.7 Å². The molecular weight excluding hydrogens is 524 g/mol. The summed E-state index contributed by atoms with van der Waals surface area (Å²) < 4.78 is 67.8. The quantitative estimate of drug-likeness (QED) is 0.382. The minimum atomic E-state index is -4.24. The first kappa shape index (κ1) is 25.3. The number of nitrogens with zero attached hydrogens (tertiary/aromatic N) is 1. The van der Waals surface area contributed by atoms with E-state index in [9.17, 15) is 26.4 Å². The topological polar surface area (TPSA) is 66.5 Å². The molecule has 0 bridgehead atoms. The van der Waals surface area contributed by atoms with Crippen LogP contribution in [0.5, 0.6) is 0 Å². The summed E-state index contributed by atoms with van der Waals surface area (Å²) in [5.74, 6) is -5.80. The summed E-state index contributed by atoms with van der Waals surface area (Å²) in [4.78, 5) is 12.4. The molecule has 12 heteroatoms. The van der Waals surface area contributed by atoms with E-state index in [-0.39, 0.29) is 21.5 Å². The number of hydrogen-bond donors (Lipinski definition) is 1. The molecule has 0 heterocycles. The van der Waals surface area contributed by atoms with Crippen molar-refractivity contribution in [3.8, 4) is 0 Å². The SMILES string of the molecule is O=C(CN(Cc1ccc(Cl)c(Cl)c1)S(=O)(=O)c1ccc(Cl)cc1)Nc1ccc(F)c(F)c1F. The lowest BCUT2D eigenvalue weighted by atomic mass is 10.2. The molecular formula is C21H14Cl3F3N2O3S. The fourth-order valence-corrected chi connectivity index (χ4v) is 4.63. The van der Waals surface area contributed by atoms with Crippen molar-refractivity contribution in [3.05, 3.63) is 92.7 Å². The molecule has 0 aliphatic heterocycles. The summed E-state index contributed by atoms with van der Waals surface area (Å²) in [5.41, 5.74) is -0.231. The third kappa shape index (κ3) is 5.99. The van der Waals surface area contributed by atoms with E-state index >= 15 is 0 Å². The van der Waals surface area contributed by atoms with Crippen LogP contribution in [0.1, 0.15) is 5.56 Å². The van der Waals surface area contributed by atoms with Gasteiger partial charge >= 0.3 is 0 Å². The summed E-state index contributed by atoms with van der Waals surface area (Å²) in [6.45, 7) is -1.07. The van der Waals surface area contributed by atoms with Gasteiger partial charge in [0.15, 0.2) is 17.5 Å². The molecule has 0 saturated heterocycles. The Morgan fingerprint density at radius 2 is 1.55 bits per heavy atom. The van der Waals surface area contributed by atoms with Gasteiger partial charge in [0.05, 0.1) is 27.2 Å². The van der Waals surface area contributed by atoms with Gasteiger partial charge in [-0.1, -0.05) is 40.9 Å². The Labute approximate surface area is 202 Å². The molecule has 0 aliphatic rings. The van der Waals surface area contributed by atoms with Gasteiger partial charge in [-0.2, -0.15) is 4.31 Å². The molecule has 3 aromatic carbocycles. The Morgan fingerprint density at radius 1 is 0.879 bits per heavy atom. The first-order valence-electron chi connectivity index (χ1n) is 9.12. The molecule has 0 saturated carbocycles. The zero-order valence-corrected chi connectivity index (χ0v) is 19.5. The largest absolute Gasteiger partial charge is 0.322 e. The van der Waals surface area contributed by atoms with Gasteiger partial charge in [0, 0.05) is 11.6 Å². The third-order valence-electron chi connectivity index (χ3n) is 4.42. The van der Waals surface area contributed by atoms with E-state index in [1.54, 1.807) is 0 Å². The number of sulfonamides is 1. The molecule has 0 fully saturated rings. The van der Waals surface area contributed by atoms with Crippen LogP contribution in [0.15, 0.2) is 59.5 Å². The van der Waals surface area contributed by atoms with Gasteiger partial charge in [0.2, 0.25) is 15.9 Å². The number of halogens is 6. The Bertz CT molecular complexity index is 1310. The van der Waals surface area contributed by atoms with Crippen LogP contribution in [0.4, 0.5) is 18.9 Å². The molecule has 1 amide bonds. The van der Waals surface area contributed by atoms with E-state index < -0.39 is 45.6 Å². The monoisotopic (exact) mass is 536 g/mol. The van der Waals surface area contributed by atoms with Gasteiger partial charge in [-0.05, 0) is 54.1 Å². The van der Waals surface area contributed by atoms with Crippen molar-refractivity contribution in [3.63, 3.8) is 0 Å². The van der Waals surface area contributed by atoms with Crippen LogP contribution in [0, 0.1) is 17.5 Å². The molecule has 3 aromatic rings. The molecule has 174 valence electrons. The molecule has 0 unspecified atom stereocenters. The molecule has 0 atom stereocenters. The predicted octanol–water partition coefficient (Wildman–Crippen LogP) is 5.89.